The Kier molecular flexibility index (Phi) is 3.97. The van der Waals surface area contributed by atoms with Crippen LogP contribution in [0.5, 0.6) is 5.75 Å². The fraction of sp³-hybridized carbons (Fsp3) is 0.353. The summed E-state index contributed by atoms with van der Waals surface area (Å²) in [5.41, 5.74) is 9.94. The standard InChI is InChI=1S/C17H20N2O/c18-16-7-1-6-15-14(16)5-2-8-17(15)20-11-9-13-4-3-10-19-12-13/h2-5,8,10,12,16H,1,6-7,9,11,18H2. The third kappa shape index (κ3) is 2.83. The molecule has 1 aliphatic rings. The van der Waals surface area contributed by atoms with Crippen molar-refractivity contribution in [3.63, 3.8) is 0 Å². The number of hydrogen-bond acceptors (Lipinski definition) is 3. The van der Waals surface area contributed by atoms with Crippen LogP contribution in [-0.2, 0) is 12.8 Å². The van der Waals surface area contributed by atoms with Crippen molar-refractivity contribution in [2.45, 2.75) is 31.7 Å². The molecule has 3 rings (SSSR count). The lowest BCUT2D eigenvalue weighted by Crippen LogP contribution is -2.18. The Hall–Kier alpha value is -1.87. The van der Waals surface area contributed by atoms with E-state index >= 15 is 0 Å². The molecule has 0 saturated carbocycles. The minimum atomic E-state index is 0.167. The first kappa shape index (κ1) is 13.1. The Balaban J connectivity index is 1.67. The predicted octanol–water partition coefficient (Wildman–Crippen LogP) is 3.04. The Bertz CT molecular complexity index is 568. The maximum Gasteiger partial charge on any atom is 0.122 e. The van der Waals surface area contributed by atoms with Crippen molar-refractivity contribution >= 4 is 0 Å². The van der Waals surface area contributed by atoms with E-state index in [1.807, 2.05) is 18.3 Å². The topological polar surface area (TPSA) is 48.1 Å². The molecule has 1 atom stereocenters. The van der Waals surface area contributed by atoms with E-state index in [0.717, 1.165) is 31.4 Å². The molecule has 0 spiro atoms. The van der Waals surface area contributed by atoms with Crippen LogP contribution in [0.4, 0.5) is 0 Å². The van der Waals surface area contributed by atoms with Crippen LogP contribution in [0.25, 0.3) is 0 Å². The number of aromatic nitrogens is 1. The van der Waals surface area contributed by atoms with Crippen LogP contribution in [-0.4, -0.2) is 11.6 Å². The highest BCUT2D eigenvalue weighted by Crippen LogP contribution is 2.34. The number of rotatable bonds is 4. The molecule has 1 aliphatic carbocycles. The molecule has 0 radical (unpaired) electrons. The molecule has 1 unspecified atom stereocenters. The van der Waals surface area contributed by atoms with Gasteiger partial charge in [-0.15, -0.1) is 0 Å². The summed E-state index contributed by atoms with van der Waals surface area (Å²) in [5, 5.41) is 0. The number of benzene rings is 1. The zero-order valence-corrected chi connectivity index (χ0v) is 11.6. The molecule has 0 amide bonds. The summed E-state index contributed by atoms with van der Waals surface area (Å²) in [6, 6.07) is 10.4. The number of hydrogen-bond donors (Lipinski definition) is 1. The number of fused-ring (bicyclic) bond motifs is 1. The first-order chi connectivity index (χ1) is 9.84. The molecule has 0 fully saturated rings. The van der Waals surface area contributed by atoms with Crippen molar-refractivity contribution in [2.24, 2.45) is 5.73 Å². The average molecular weight is 268 g/mol. The van der Waals surface area contributed by atoms with E-state index in [0.29, 0.717) is 6.61 Å². The number of ether oxygens (including phenoxy) is 1. The van der Waals surface area contributed by atoms with E-state index in [1.54, 1.807) is 6.20 Å². The monoisotopic (exact) mass is 268 g/mol. The van der Waals surface area contributed by atoms with Gasteiger partial charge < -0.3 is 10.5 Å². The molecular formula is C17H20N2O. The van der Waals surface area contributed by atoms with Crippen molar-refractivity contribution in [1.29, 1.82) is 0 Å². The Morgan fingerprint density at radius 2 is 2.20 bits per heavy atom. The van der Waals surface area contributed by atoms with Crippen LogP contribution < -0.4 is 10.5 Å². The molecular weight excluding hydrogens is 248 g/mol. The molecule has 2 N–H and O–H groups in total. The molecule has 2 aromatic rings. The molecule has 20 heavy (non-hydrogen) atoms. The van der Waals surface area contributed by atoms with Gasteiger partial charge in [0.25, 0.3) is 0 Å². The number of nitrogens with two attached hydrogens (primary N) is 1. The van der Waals surface area contributed by atoms with Crippen LogP contribution in [0.15, 0.2) is 42.7 Å². The number of nitrogens with zero attached hydrogens (tertiary/aromatic N) is 1. The molecule has 3 nitrogen and oxygen atoms in total. The zero-order chi connectivity index (χ0) is 13.8. The van der Waals surface area contributed by atoms with Crippen LogP contribution >= 0.6 is 0 Å². The average Bonchev–Trinajstić information content (AvgIpc) is 2.49. The lowest BCUT2D eigenvalue weighted by atomic mass is 9.87. The summed E-state index contributed by atoms with van der Waals surface area (Å²) in [6.07, 6.45) is 7.86. The molecule has 1 aromatic heterocycles. The first-order valence-corrected chi connectivity index (χ1v) is 7.23. The molecule has 0 saturated heterocycles. The summed E-state index contributed by atoms with van der Waals surface area (Å²) in [4.78, 5) is 4.12. The first-order valence-electron chi connectivity index (χ1n) is 7.23. The van der Waals surface area contributed by atoms with E-state index in [-0.39, 0.29) is 6.04 Å². The van der Waals surface area contributed by atoms with E-state index in [4.69, 9.17) is 10.5 Å². The molecule has 1 aromatic carbocycles. The van der Waals surface area contributed by atoms with E-state index in [2.05, 4.69) is 23.2 Å². The maximum atomic E-state index is 6.17. The predicted molar refractivity (Wildman–Crippen MR) is 79.7 cm³/mol. The molecule has 0 aliphatic heterocycles. The van der Waals surface area contributed by atoms with Crippen molar-refractivity contribution in [2.75, 3.05) is 6.61 Å². The third-order valence-corrected chi connectivity index (χ3v) is 3.88. The van der Waals surface area contributed by atoms with Gasteiger partial charge in [-0.25, -0.2) is 0 Å². The van der Waals surface area contributed by atoms with Gasteiger partial charge in [-0.05, 0) is 48.1 Å². The largest absolute Gasteiger partial charge is 0.493 e. The SMILES string of the molecule is NC1CCCc2c(OCCc3cccnc3)cccc21. The second-order valence-corrected chi connectivity index (χ2v) is 5.28. The van der Waals surface area contributed by atoms with Crippen molar-refractivity contribution in [1.82, 2.24) is 4.98 Å². The summed E-state index contributed by atoms with van der Waals surface area (Å²) >= 11 is 0. The smallest absolute Gasteiger partial charge is 0.122 e. The molecule has 3 heteroatoms. The zero-order valence-electron chi connectivity index (χ0n) is 11.6. The van der Waals surface area contributed by atoms with Gasteiger partial charge in [0.1, 0.15) is 5.75 Å². The van der Waals surface area contributed by atoms with Gasteiger partial charge in [0.15, 0.2) is 0 Å². The molecule has 104 valence electrons. The minimum absolute atomic E-state index is 0.167. The second-order valence-electron chi connectivity index (χ2n) is 5.28. The maximum absolute atomic E-state index is 6.17. The lowest BCUT2D eigenvalue weighted by molar-refractivity contribution is 0.316. The lowest BCUT2D eigenvalue weighted by Gasteiger charge is -2.24. The van der Waals surface area contributed by atoms with Crippen molar-refractivity contribution in [3.8, 4) is 5.75 Å². The Labute approximate surface area is 119 Å². The highest BCUT2D eigenvalue weighted by atomic mass is 16.5. The summed E-state index contributed by atoms with van der Waals surface area (Å²) in [6.45, 7) is 0.678. The molecule has 1 heterocycles. The van der Waals surface area contributed by atoms with Gasteiger partial charge >= 0.3 is 0 Å². The van der Waals surface area contributed by atoms with E-state index in [9.17, 15) is 0 Å². The highest BCUT2D eigenvalue weighted by molar-refractivity contribution is 5.43. The Morgan fingerprint density at radius 1 is 1.25 bits per heavy atom. The fourth-order valence-corrected chi connectivity index (χ4v) is 2.81. The highest BCUT2D eigenvalue weighted by Gasteiger charge is 2.19. The Morgan fingerprint density at radius 3 is 3.05 bits per heavy atom. The van der Waals surface area contributed by atoms with E-state index in [1.165, 1.54) is 16.7 Å². The van der Waals surface area contributed by atoms with Gasteiger partial charge in [0.05, 0.1) is 6.61 Å². The van der Waals surface area contributed by atoms with Gasteiger partial charge in [0, 0.05) is 24.9 Å². The molecule has 0 bridgehead atoms. The quantitative estimate of drug-likeness (QED) is 0.927. The van der Waals surface area contributed by atoms with Crippen LogP contribution in [0.3, 0.4) is 0 Å². The van der Waals surface area contributed by atoms with Crippen LogP contribution in [0.1, 0.15) is 35.6 Å². The van der Waals surface area contributed by atoms with Crippen molar-refractivity contribution < 1.29 is 4.74 Å². The van der Waals surface area contributed by atoms with Gasteiger partial charge in [-0.3, -0.25) is 4.98 Å². The minimum Gasteiger partial charge on any atom is -0.493 e. The normalized spacial score (nSPS) is 17.6. The summed E-state index contributed by atoms with van der Waals surface area (Å²) in [7, 11) is 0. The second kappa shape index (κ2) is 6.06. The summed E-state index contributed by atoms with van der Waals surface area (Å²) in [5.74, 6) is 1.00. The van der Waals surface area contributed by atoms with Crippen LogP contribution in [0, 0.1) is 0 Å². The van der Waals surface area contributed by atoms with Gasteiger partial charge in [-0.2, -0.15) is 0 Å². The van der Waals surface area contributed by atoms with Crippen molar-refractivity contribution in [3.05, 3.63) is 59.4 Å². The van der Waals surface area contributed by atoms with E-state index < -0.39 is 0 Å². The van der Waals surface area contributed by atoms with Crippen LogP contribution in [0.2, 0.25) is 0 Å². The number of pyridine rings is 1. The fourth-order valence-electron chi connectivity index (χ4n) is 2.81. The third-order valence-electron chi connectivity index (χ3n) is 3.88. The van der Waals surface area contributed by atoms with Gasteiger partial charge in [0.2, 0.25) is 0 Å². The van der Waals surface area contributed by atoms with Gasteiger partial charge in [-0.1, -0.05) is 18.2 Å². The summed E-state index contributed by atoms with van der Waals surface area (Å²) < 4.78 is 5.97.